The number of sulfone groups is 1. The topological polar surface area (TPSA) is 78.2 Å². The molecule has 0 bridgehead atoms. The normalized spacial score (nSPS) is 29.8. The summed E-state index contributed by atoms with van der Waals surface area (Å²) in [5.41, 5.74) is -0.413. The molecule has 1 aliphatic rings. The molecule has 6 heteroatoms. The lowest BCUT2D eigenvalue weighted by atomic mass is 10.0. The van der Waals surface area contributed by atoms with Gasteiger partial charge in [-0.3, -0.25) is 0 Å². The summed E-state index contributed by atoms with van der Waals surface area (Å²) in [7, 11) is -3.36. The lowest BCUT2D eigenvalue weighted by Gasteiger charge is -2.03. The fourth-order valence-corrected chi connectivity index (χ4v) is 4.89. The van der Waals surface area contributed by atoms with E-state index in [1.165, 1.54) is 0 Å². The largest absolute Gasteiger partial charge is 0.395 e. The number of rotatable bonds is 4. The second-order valence-electron chi connectivity index (χ2n) is 4.71. The molecule has 1 aromatic carbocycles. The summed E-state index contributed by atoms with van der Waals surface area (Å²) in [5.74, 6) is -0.464. The average Bonchev–Trinajstić information content (AvgIpc) is 3.10. The first-order valence-electron chi connectivity index (χ1n) is 5.92. The predicted molar refractivity (Wildman–Crippen MR) is 75.3 cm³/mol. The van der Waals surface area contributed by atoms with Crippen molar-refractivity contribution in [2.45, 2.75) is 18.1 Å². The van der Waals surface area contributed by atoms with E-state index in [1.54, 1.807) is 19.1 Å². The van der Waals surface area contributed by atoms with Crippen molar-refractivity contribution < 1.29 is 13.5 Å². The molecule has 2 rings (SSSR count). The van der Waals surface area contributed by atoms with Gasteiger partial charge in [-0.15, -0.1) is 0 Å². The maximum atomic E-state index is 12.1. The van der Waals surface area contributed by atoms with E-state index in [4.69, 9.17) is 0 Å². The van der Waals surface area contributed by atoms with Gasteiger partial charge < -0.3 is 5.11 Å². The smallest absolute Gasteiger partial charge is 0.155 e. The molecule has 19 heavy (non-hydrogen) atoms. The van der Waals surface area contributed by atoms with E-state index in [1.807, 2.05) is 18.2 Å². The minimum absolute atomic E-state index is 0.0197. The number of nitrogens with zero attached hydrogens (tertiary/aromatic N) is 1. The Morgan fingerprint density at radius 3 is 2.42 bits per heavy atom. The Kier molecular flexibility index (Phi) is 3.74. The van der Waals surface area contributed by atoms with Crippen LogP contribution in [0, 0.1) is 16.7 Å². The van der Waals surface area contributed by atoms with Gasteiger partial charge in [0.15, 0.2) is 9.84 Å². The van der Waals surface area contributed by atoms with Crippen molar-refractivity contribution in [2.24, 2.45) is 5.41 Å². The minimum atomic E-state index is -3.36. The van der Waals surface area contributed by atoms with Gasteiger partial charge in [-0.1, -0.05) is 35.0 Å². The predicted octanol–water partition coefficient (Wildman–Crippen LogP) is 1.85. The van der Waals surface area contributed by atoms with E-state index in [-0.39, 0.29) is 5.75 Å². The number of aliphatic hydroxyl groups excluding tert-OH is 1. The molecule has 0 saturated heterocycles. The molecule has 3 atom stereocenters. The van der Waals surface area contributed by atoms with Gasteiger partial charge >= 0.3 is 0 Å². The average molecular weight is 344 g/mol. The van der Waals surface area contributed by atoms with Crippen molar-refractivity contribution in [1.82, 2.24) is 0 Å². The second-order valence-corrected chi connectivity index (χ2v) is 8.04. The maximum Gasteiger partial charge on any atom is 0.155 e. The van der Waals surface area contributed by atoms with E-state index in [0.717, 1.165) is 10.0 Å². The Morgan fingerprint density at radius 2 is 2.00 bits per heavy atom. The van der Waals surface area contributed by atoms with Gasteiger partial charge in [-0.05, 0) is 17.7 Å². The Labute approximate surface area is 121 Å². The third-order valence-electron chi connectivity index (χ3n) is 3.74. The monoisotopic (exact) mass is 343 g/mol. The van der Waals surface area contributed by atoms with Crippen molar-refractivity contribution in [3.63, 3.8) is 0 Å². The van der Waals surface area contributed by atoms with E-state index in [0.29, 0.717) is 0 Å². The van der Waals surface area contributed by atoms with Gasteiger partial charge in [0.1, 0.15) is 5.41 Å². The van der Waals surface area contributed by atoms with Gasteiger partial charge in [0.25, 0.3) is 0 Å². The Bertz CT molecular complexity index is 620. The molecule has 1 aliphatic carbocycles. The zero-order chi connectivity index (χ0) is 14.3. The van der Waals surface area contributed by atoms with Crippen LogP contribution >= 0.6 is 15.9 Å². The molecular weight excluding hydrogens is 330 g/mol. The van der Waals surface area contributed by atoms with Gasteiger partial charge in [0.2, 0.25) is 0 Å². The number of benzene rings is 1. The van der Waals surface area contributed by atoms with Gasteiger partial charge in [0.05, 0.1) is 17.9 Å². The van der Waals surface area contributed by atoms with Gasteiger partial charge in [0, 0.05) is 16.1 Å². The molecule has 3 unspecified atom stereocenters. The van der Waals surface area contributed by atoms with Crippen LogP contribution in [-0.2, 0) is 9.84 Å². The quantitative estimate of drug-likeness (QED) is 0.904. The highest BCUT2D eigenvalue weighted by Crippen LogP contribution is 2.62. The first kappa shape index (κ1) is 14.5. The van der Waals surface area contributed by atoms with Crippen LogP contribution < -0.4 is 0 Å². The van der Waals surface area contributed by atoms with Crippen LogP contribution in [0.1, 0.15) is 18.4 Å². The minimum Gasteiger partial charge on any atom is -0.395 e. The molecule has 1 N–H and O–H groups in total. The highest BCUT2D eigenvalue weighted by Gasteiger charge is 2.71. The van der Waals surface area contributed by atoms with E-state index < -0.39 is 33.0 Å². The molecule has 0 aliphatic heterocycles. The van der Waals surface area contributed by atoms with Crippen molar-refractivity contribution in [1.29, 1.82) is 5.26 Å². The van der Waals surface area contributed by atoms with E-state index in [9.17, 15) is 18.8 Å². The lowest BCUT2D eigenvalue weighted by Crippen LogP contribution is -2.19. The number of halogens is 1. The molecule has 4 nitrogen and oxygen atoms in total. The molecule has 1 saturated carbocycles. The summed E-state index contributed by atoms with van der Waals surface area (Å²) >= 11 is 3.31. The maximum absolute atomic E-state index is 12.1. The van der Waals surface area contributed by atoms with Crippen molar-refractivity contribution in [2.75, 3.05) is 12.4 Å². The van der Waals surface area contributed by atoms with E-state index in [2.05, 4.69) is 15.9 Å². The van der Waals surface area contributed by atoms with Crippen LogP contribution in [0.3, 0.4) is 0 Å². The summed E-state index contributed by atoms with van der Waals surface area (Å²) in [6.07, 6.45) is 0. The standard InChI is InChI=1S/C13H14BrNO3S/c1-2-19(17,18)12-11(13(12,7-15)8-16)9-3-5-10(14)6-4-9/h3-6,11-12,16H,2,8H2,1H3. The number of nitriles is 1. The summed E-state index contributed by atoms with van der Waals surface area (Å²) in [6, 6.07) is 9.22. The fourth-order valence-electron chi connectivity index (χ4n) is 2.61. The molecule has 0 spiro atoms. The summed E-state index contributed by atoms with van der Waals surface area (Å²) in [5, 5.41) is 18.0. The first-order chi connectivity index (χ1) is 8.93. The Morgan fingerprint density at radius 1 is 1.42 bits per heavy atom. The molecule has 0 aromatic heterocycles. The number of hydrogen-bond donors (Lipinski definition) is 1. The zero-order valence-corrected chi connectivity index (χ0v) is 12.8. The summed E-state index contributed by atoms with van der Waals surface area (Å²) < 4.78 is 25.0. The zero-order valence-electron chi connectivity index (χ0n) is 10.4. The molecule has 0 amide bonds. The fraction of sp³-hybridized carbons (Fsp3) is 0.462. The van der Waals surface area contributed by atoms with Crippen LogP contribution in [0.25, 0.3) is 0 Å². The second kappa shape index (κ2) is 4.89. The highest BCUT2D eigenvalue weighted by atomic mass is 79.9. The van der Waals surface area contributed by atoms with Crippen molar-refractivity contribution >= 4 is 25.8 Å². The van der Waals surface area contributed by atoms with Gasteiger partial charge in [-0.2, -0.15) is 5.26 Å². The van der Waals surface area contributed by atoms with Crippen LogP contribution in [0.15, 0.2) is 28.7 Å². The number of aliphatic hydroxyl groups is 1. The van der Waals surface area contributed by atoms with Crippen LogP contribution in [0.5, 0.6) is 0 Å². The Balaban J connectivity index is 2.46. The van der Waals surface area contributed by atoms with Crippen molar-refractivity contribution in [3.05, 3.63) is 34.3 Å². The summed E-state index contributed by atoms with van der Waals surface area (Å²) in [6.45, 7) is 1.12. The molecule has 0 radical (unpaired) electrons. The van der Waals surface area contributed by atoms with Gasteiger partial charge in [-0.25, -0.2) is 8.42 Å². The van der Waals surface area contributed by atoms with Crippen LogP contribution in [0.4, 0.5) is 0 Å². The SMILES string of the molecule is CCS(=O)(=O)C1C(c2ccc(Br)cc2)C1(C#N)CO. The third-order valence-corrected chi connectivity index (χ3v) is 6.54. The highest BCUT2D eigenvalue weighted by molar-refractivity contribution is 9.10. The molecular formula is C13H14BrNO3S. The molecule has 0 heterocycles. The van der Waals surface area contributed by atoms with Crippen LogP contribution in [-0.4, -0.2) is 31.1 Å². The van der Waals surface area contributed by atoms with Crippen LogP contribution in [0.2, 0.25) is 0 Å². The third kappa shape index (κ3) is 2.20. The molecule has 1 fully saturated rings. The lowest BCUT2D eigenvalue weighted by molar-refractivity contribution is 0.242. The first-order valence-corrected chi connectivity index (χ1v) is 8.43. The summed E-state index contributed by atoms with van der Waals surface area (Å²) in [4.78, 5) is 0. The number of hydrogen-bond acceptors (Lipinski definition) is 4. The molecule has 1 aromatic rings. The Hall–Kier alpha value is -0.900. The van der Waals surface area contributed by atoms with E-state index >= 15 is 0 Å². The molecule has 102 valence electrons. The van der Waals surface area contributed by atoms with Crippen molar-refractivity contribution in [3.8, 4) is 6.07 Å².